The summed E-state index contributed by atoms with van der Waals surface area (Å²) < 4.78 is 14.1. The lowest BCUT2D eigenvalue weighted by Crippen LogP contribution is -2.44. The van der Waals surface area contributed by atoms with E-state index in [0.717, 1.165) is 52.5 Å². The Balaban J connectivity index is 2.11. The summed E-state index contributed by atoms with van der Waals surface area (Å²) in [6, 6.07) is 11.5. The Morgan fingerprint density at radius 2 is 1.78 bits per heavy atom. The Hall–Kier alpha value is 0.127. The van der Waals surface area contributed by atoms with Crippen molar-refractivity contribution in [1.29, 1.82) is 0 Å². The van der Waals surface area contributed by atoms with Crippen LogP contribution in [0.3, 0.4) is 0 Å². The van der Waals surface area contributed by atoms with Gasteiger partial charge in [-0.15, -0.1) is 23.5 Å². The van der Waals surface area contributed by atoms with Crippen molar-refractivity contribution >= 4 is 53.6 Å². The molecule has 206 valence electrons. The predicted octanol–water partition coefficient (Wildman–Crippen LogP) is 6.80. The molecule has 0 saturated carbocycles. The first-order chi connectivity index (χ1) is 17.3. The van der Waals surface area contributed by atoms with Gasteiger partial charge in [0.1, 0.15) is 5.78 Å². The molecule has 1 saturated heterocycles. The molecule has 0 aliphatic carbocycles. The average molecular weight is 622 g/mol. The lowest BCUT2D eigenvalue weighted by atomic mass is 10.0. The molecule has 1 heterocycles. The van der Waals surface area contributed by atoms with Crippen LogP contribution >= 0.6 is 39.5 Å². The van der Waals surface area contributed by atoms with Crippen molar-refractivity contribution in [2.75, 3.05) is 24.7 Å². The molecule has 1 unspecified atom stereocenters. The van der Waals surface area contributed by atoms with Gasteiger partial charge in [0.25, 0.3) is 0 Å². The van der Waals surface area contributed by atoms with E-state index in [-0.39, 0.29) is 22.6 Å². The Kier molecular flexibility index (Phi) is 15.2. The standard InChI is InChI=1S/C27H45BrO5S2Si/c1-4-36(5-2,6-3)33-26(21-32-20-22-11-13-23(28)14-12-22)18-27(34-15-8-16-35-27)17-24(30)9-7-10-25(31)19-29/h11-14,25-26,29,31H,4-10,15-21H2,1-3H3/t25?,26-/m0/s1. The Morgan fingerprint density at radius 3 is 2.36 bits per heavy atom. The molecule has 0 bridgehead atoms. The van der Waals surface area contributed by atoms with Crippen LogP contribution in [0.15, 0.2) is 28.7 Å². The number of ketones is 1. The number of carbonyl (C=O) groups is 1. The topological polar surface area (TPSA) is 76.0 Å². The smallest absolute Gasteiger partial charge is 0.192 e. The molecule has 2 rings (SSSR count). The third-order valence-corrected chi connectivity index (χ3v) is 15.7. The lowest BCUT2D eigenvalue weighted by Gasteiger charge is -2.41. The van der Waals surface area contributed by atoms with Gasteiger partial charge in [-0.25, -0.2) is 0 Å². The molecule has 2 atom stereocenters. The minimum atomic E-state index is -1.85. The molecule has 0 amide bonds. The summed E-state index contributed by atoms with van der Waals surface area (Å²) in [5, 5.41) is 18.7. The van der Waals surface area contributed by atoms with Crippen molar-refractivity contribution in [3.05, 3.63) is 34.3 Å². The molecule has 1 aliphatic rings. The number of hydrogen-bond acceptors (Lipinski definition) is 7. The maximum Gasteiger partial charge on any atom is 0.192 e. The summed E-state index contributed by atoms with van der Waals surface area (Å²) in [5.74, 6) is 2.36. The van der Waals surface area contributed by atoms with E-state index in [0.29, 0.717) is 38.9 Å². The van der Waals surface area contributed by atoms with Crippen molar-refractivity contribution in [2.24, 2.45) is 0 Å². The van der Waals surface area contributed by atoms with Gasteiger partial charge in [0, 0.05) is 17.3 Å². The van der Waals surface area contributed by atoms with Crippen LogP contribution in [0.1, 0.15) is 64.9 Å². The third-order valence-electron chi connectivity index (χ3n) is 7.06. The second kappa shape index (κ2) is 17.0. The minimum absolute atomic E-state index is 0.0333. The van der Waals surface area contributed by atoms with Crippen LogP contribution in [-0.4, -0.2) is 65.3 Å². The van der Waals surface area contributed by atoms with Gasteiger partial charge in [0.05, 0.1) is 36.1 Å². The molecule has 0 radical (unpaired) electrons. The van der Waals surface area contributed by atoms with Crippen LogP contribution in [0.2, 0.25) is 18.1 Å². The molecule has 9 heteroatoms. The molecule has 36 heavy (non-hydrogen) atoms. The first-order valence-corrected chi connectivity index (χ1v) is 18.7. The fourth-order valence-electron chi connectivity index (χ4n) is 4.65. The SMILES string of the molecule is CC[Si](CC)(CC)O[C@H](COCc1ccc(Br)cc1)CC1(CC(=O)CCCC(O)CO)SCCCS1. The first-order valence-electron chi connectivity index (χ1n) is 13.4. The zero-order chi connectivity index (χ0) is 26.4. The highest BCUT2D eigenvalue weighted by molar-refractivity contribution is 9.10. The van der Waals surface area contributed by atoms with Crippen molar-refractivity contribution < 1.29 is 24.2 Å². The number of carbonyl (C=O) groups excluding carboxylic acids is 1. The summed E-state index contributed by atoms with van der Waals surface area (Å²) in [7, 11) is -1.85. The molecule has 0 spiro atoms. The van der Waals surface area contributed by atoms with Gasteiger partial charge in [-0.1, -0.05) is 48.8 Å². The van der Waals surface area contributed by atoms with E-state index in [1.165, 1.54) is 0 Å². The van der Waals surface area contributed by atoms with Crippen molar-refractivity contribution in [3.63, 3.8) is 0 Å². The monoisotopic (exact) mass is 620 g/mol. The lowest BCUT2D eigenvalue weighted by molar-refractivity contribution is -0.119. The van der Waals surface area contributed by atoms with Crippen LogP contribution in [0.25, 0.3) is 0 Å². The number of aliphatic hydroxyl groups is 2. The van der Waals surface area contributed by atoms with Crippen LogP contribution < -0.4 is 0 Å². The number of thioether (sulfide) groups is 2. The van der Waals surface area contributed by atoms with Gasteiger partial charge in [0.2, 0.25) is 0 Å². The van der Waals surface area contributed by atoms with E-state index < -0.39 is 14.4 Å². The van der Waals surface area contributed by atoms with Gasteiger partial charge < -0.3 is 19.4 Å². The third kappa shape index (κ3) is 11.1. The highest BCUT2D eigenvalue weighted by Crippen LogP contribution is 2.49. The normalized spacial score (nSPS) is 17.6. The number of hydrogen-bond donors (Lipinski definition) is 2. The maximum absolute atomic E-state index is 13.0. The van der Waals surface area contributed by atoms with Gasteiger partial charge >= 0.3 is 0 Å². The molecule has 1 aromatic rings. The number of aliphatic hydroxyl groups excluding tert-OH is 2. The second-order valence-corrected chi connectivity index (χ2v) is 18.6. The van der Waals surface area contributed by atoms with Crippen LogP contribution in [0.5, 0.6) is 0 Å². The molecule has 1 aromatic carbocycles. The highest BCUT2D eigenvalue weighted by atomic mass is 79.9. The van der Waals surface area contributed by atoms with Crippen LogP contribution in [0.4, 0.5) is 0 Å². The summed E-state index contributed by atoms with van der Waals surface area (Å²) in [6.45, 7) is 7.59. The zero-order valence-electron chi connectivity index (χ0n) is 22.2. The molecular formula is C27H45BrO5S2Si. The number of ether oxygens (including phenoxy) is 1. The Labute approximate surface area is 236 Å². The summed E-state index contributed by atoms with van der Waals surface area (Å²) >= 11 is 7.33. The van der Waals surface area contributed by atoms with E-state index in [2.05, 4.69) is 48.8 Å². The van der Waals surface area contributed by atoms with Gasteiger partial charge in [0.15, 0.2) is 8.32 Å². The van der Waals surface area contributed by atoms with Gasteiger partial charge in [-0.05, 0) is 73.0 Å². The summed E-state index contributed by atoms with van der Waals surface area (Å²) in [5.41, 5.74) is 1.14. The summed E-state index contributed by atoms with van der Waals surface area (Å²) in [6.07, 6.45) is 3.24. The van der Waals surface area contributed by atoms with Gasteiger partial charge in [-0.3, -0.25) is 4.79 Å². The summed E-state index contributed by atoms with van der Waals surface area (Å²) in [4.78, 5) is 13.0. The van der Waals surface area contributed by atoms with E-state index in [9.17, 15) is 9.90 Å². The van der Waals surface area contributed by atoms with Crippen molar-refractivity contribution in [3.8, 4) is 0 Å². The molecule has 2 N–H and O–H groups in total. The first kappa shape index (κ1) is 32.3. The Bertz CT molecular complexity index is 749. The number of halogens is 1. The van der Waals surface area contributed by atoms with Crippen molar-refractivity contribution in [2.45, 2.75) is 100 Å². The van der Waals surface area contributed by atoms with Crippen LogP contribution in [0, 0.1) is 0 Å². The molecular weight excluding hydrogens is 576 g/mol. The maximum atomic E-state index is 13.0. The number of rotatable bonds is 18. The quantitative estimate of drug-likeness (QED) is 0.175. The van der Waals surface area contributed by atoms with E-state index >= 15 is 0 Å². The fourth-order valence-corrected chi connectivity index (χ4v) is 11.2. The van der Waals surface area contributed by atoms with Crippen LogP contribution in [-0.2, 0) is 20.6 Å². The van der Waals surface area contributed by atoms with Gasteiger partial charge in [-0.2, -0.15) is 0 Å². The molecule has 5 nitrogen and oxygen atoms in total. The predicted molar refractivity (Wildman–Crippen MR) is 159 cm³/mol. The number of Topliss-reactive ketones (excluding diaryl/α,β-unsaturated/α-hetero) is 1. The van der Waals surface area contributed by atoms with E-state index in [4.69, 9.17) is 14.3 Å². The average Bonchev–Trinajstić information content (AvgIpc) is 2.88. The molecule has 1 aliphatic heterocycles. The molecule has 0 aromatic heterocycles. The fraction of sp³-hybridized carbons (Fsp3) is 0.741. The minimum Gasteiger partial charge on any atom is -0.412 e. The highest BCUT2D eigenvalue weighted by Gasteiger charge is 2.41. The zero-order valence-corrected chi connectivity index (χ0v) is 26.4. The number of benzene rings is 1. The van der Waals surface area contributed by atoms with Crippen molar-refractivity contribution in [1.82, 2.24) is 0 Å². The Morgan fingerprint density at radius 1 is 1.14 bits per heavy atom. The largest absolute Gasteiger partial charge is 0.412 e. The van der Waals surface area contributed by atoms with E-state index in [1.807, 2.05) is 35.7 Å². The molecule has 1 fully saturated rings. The second-order valence-electron chi connectivity index (χ2n) is 9.73. The van der Waals surface area contributed by atoms with E-state index in [1.54, 1.807) is 0 Å².